The third-order valence-corrected chi connectivity index (χ3v) is 5.69. The van der Waals surface area contributed by atoms with Gasteiger partial charge in [0.25, 0.3) is 0 Å². The van der Waals surface area contributed by atoms with Gasteiger partial charge in [0.15, 0.2) is 11.5 Å². The smallest absolute Gasteiger partial charge is 0.412 e. The first-order valence-corrected chi connectivity index (χ1v) is 12.3. The highest BCUT2D eigenvalue weighted by Gasteiger charge is 2.21. The average molecular weight is 525 g/mol. The molecule has 10 nitrogen and oxygen atoms in total. The Morgan fingerprint density at radius 3 is 2.28 bits per heavy atom. The first-order chi connectivity index (χ1) is 18.6. The van der Waals surface area contributed by atoms with Crippen molar-refractivity contribution in [3.8, 4) is 22.9 Å². The van der Waals surface area contributed by atoms with Crippen LogP contribution in [0.1, 0.15) is 26.3 Å². The minimum Gasteiger partial charge on any atom is -0.457 e. The summed E-state index contributed by atoms with van der Waals surface area (Å²) >= 11 is 0. The Kier molecular flexibility index (Phi) is 6.53. The van der Waals surface area contributed by atoms with E-state index in [1.165, 1.54) is 15.5 Å². The highest BCUT2D eigenvalue weighted by molar-refractivity contribution is 5.87. The normalized spacial score (nSPS) is 11.4. The van der Waals surface area contributed by atoms with Crippen LogP contribution < -0.4 is 21.5 Å². The summed E-state index contributed by atoms with van der Waals surface area (Å²) < 4.78 is 14.2. The number of nitrogens with zero attached hydrogens (tertiary/aromatic N) is 4. The highest BCUT2D eigenvalue weighted by Crippen LogP contribution is 2.27. The van der Waals surface area contributed by atoms with Gasteiger partial charge in [0.05, 0.1) is 11.4 Å². The minimum atomic E-state index is -0.656. The number of para-hydroxylation sites is 1. The number of carbonyl (C=O) groups is 1. The molecule has 10 heteroatoms. The number of benzene rings is 3. The lowest BCUT2D eigenvalue weighted by atomic mass is 10.2. The van der Waals surface area contributed by atoms with Gasteiger partial charge in [-0.15, -0.1) is 0 Å². The molecule has 0 radical (unpaired) electrons. The maximum absolute atomic E-state index is 13.9. The number of aromatic nitrogens is 4. The lowest BCUT2D eigenvalue weighted by Crippen LogP contribution is -2.27. The van der Waals surface area contributed by atoms with Gasteiger partial charge in [-0.25, -0.2) is 24.1 Å². The van der Waals surface area contributed by atoms with Crippen molar-refractivity contribution in [2.24, 2.45) is 0 Å². The van der Waals surface area contributed by atoms with Crippen LogP contribution in [-0.2, 0) is 4.74 Å². The molecule has 5 rings (SSSR count). The lowest BCUT2D eigenvalue weighted by molar-refractivity contribution is 0.0636. The van der Waals surface area contributed by atoms with E-state index < -0.39 is 17.4 Å². The molecule has 0 unspecified atom stereocenters. The van der Waals surface area contributed by atoms with Gasteiger partial charge in [-0.2, -0.15) is 0 Å². The third-order valence-electron chi connectivity index (χ3n) is 5.69. The second-order valence-electron chi connectivity index (χ2n) is 9.98. The van der Waals surface area contributed by atoms with Crippen molar-refractivity contribution in [1.82, 2.24) is 19.1 Å². The van der Waals surface area contributed by atoms with E-state index in [0.717, 1.165) is 5.56 Å². The maximum Gasteiger partial charge on any atom is 0.412 e. The number of nitrogen functional groups attached to an aromatic ring is 1. The third kappa shape index (κ3) is 5.45. The summed E-state index contributed by atoms with van der Waals surface area (Å²) in [7, 11) is 0. The van der Waals surface area contributed by atoms with Gasteiger partial charge in [0.1, 0.15) is 28.9 Å². The maximum atomic E-state index is 13.9. The minimum absolute atomic E-state index is 0.153. The van der Waals surface area contributed by atoms with Crippen molar-refractivity contribution < 1.29 is 14.3 Å². The predicted octanol–water partition coefficient (Wildman–Crippen LogP) is 5.60. The molecule has 0 aliphatic heterocycles. The van der Waals surface area contributed by atoms with Gasteiger partial charge in [0, 0.05) is 5.69 Å². The summed E-state index contributed by atoms with van der Waals surface area (Å²) in [5.41, 5.74) is 8.22. The number of nitrogens with two attached hydrogens (primary N) is 1. The fourth-order valence-corrected chi connectivity index (χ4v) is 4.19. The van der Waals surface area contributed by atoms with E-state index in [0.29, 0.717) is 39.7 Å². The van der Waals surface area contributed by atoms with Gasteiger partial charge in [-0.1, -0.05) is 18.2 Å². The largest absolute Gasteiger partial charge is 0.457 e. The average Bonchev–Trinajstić information content (AvgIpc) is 3.16. The topological polar surface area (TPSA) is 126 Å². The molecule has 0 atom stereocenters. The number of anilines is 2. The molecule has 0 aliphatic carbocycles. The zero-order valence-electron chi connectivity index (χ0n) is 22.0. The van der Waals surface area contributed by atoms with Crippen molar-refractivity contribution in [2.45, 2.75) is 33.3 Å². The number of hydrogen-bond acceptors (Lipinski definition) is 7. The Hall–Kier alpha value is -5.12. The zero-order valence-corrected chi connectivity index (χ0v) is 22.0. The number of rotatable bonds is 5. The number of nitrogens with one attached hydrogen (secondary N) is 1. The molecule has 198 valence electrons. The summed E-state index contributed by atoms with van der Waals surface area (Å²) in [5, 5.41) is 2.74. The van der Waals surface area contributed by atoms with E-state index >= 15 is 0 Å². The number of amides is 1. The van der Waals surface area contributed by atoms with Crippen LogP contribution in [0, 0.1) is 6.92 Å². The Morgan fingerprint density at radius 1 is 0.897 bits per heavy atom. The van der Waals surface area contributed by atoms with E-state index in [-0.39, 0.29) is 5.82 Å². The molecule has 0 saturated heterocycles. The van der Waals surface area contributed by atoms with Crippen LogP contribution in [0.3, 0.4) is 0 Å². The number of ether oxygens (including phenoxy) is 2. The van der Waals surface area contributed by atoms with Gasteiger partial charge in [-0.05, 0) is 87.9 Å². The molecule has 0 spiro atoms. The number of hydrogen-bond donors (Lipinski definition) is 2. The van der Waals surface area contributed by atoms with Gasteiger partial charge >= 0.3 is 11.8 Å². The second kappa shape index (κ2) is 9.97. The van der Waals surface area contributed by atoms with Crippen molar-refractivity contribution >= 4 is 28.8 Å². The van der Waals surface area contributed by atoms with E-state index in [1.807, 2.05) is 43.3 Å². The number of fused-ring (bicyclic) bond motifs is 1. The molecule has 5 aromatic rings. The Morgan fingerprint density at radius 2 is 1.59 bits per heavy atom. The summed E-state index contributed by atoms with van der Waals surface area (Å²) in [6.45, 7) is 7.22. The van der Waals surface area contributed by atoms with Crippen LogP contribution in [0.4, 0.5) is 16.3 Å². The van der Waals surface area contributed by atoms with Crippen molar-refractivity contribution in [3.63, 3.8) is 0 Å². The van der Waals surface area contributed by atoms with Crippen molar-refractivity contribution in [2.75, 3.05) is 11.1 Å². The molecule has 1 amide bonds. The first kappa shape index (κ1) is 25.5. The van der Waals surface area contributed by atoms with E-state index in [1.54, 1.807) is 57.2 Å². The molecule has 2 aromatic heterocycles. The zero-order chi connectivity index (χ0) is 27.7. The molecule has 0 aliphatic rings. The molecule has 39 heavy (non-hydrogen) atoms. The van der Waals surface area contributed by atoms with Gasteiger partial charge < -0.3 is 15.2 Å². The standard InChI is InChI=1S/C29H28N6O4/c1-18-14-19(33-27(36)39-29(2,3)4)16-21(15-18)35-26-24(25(30)31-17-32-26)34(28(35)37)20-10-12-23(13-11-20)38-22-8-6-5-7-9-22/h5-17H,1-4H3,(H,33,36)(H2,30,31,32). The summed E-state index contributed by atoms with van der Waals surface area (Å²) in [6.07, 6.45) is 0.711. The summed E-state index contributed by atoms with van der Waals surface area (Å²) in [5.74, 6) is 1.47. The van der Waals surface area contributed by atoms with E-state index in [9.17, 15) is 9.59 Å². The summed E-state index contributed by atoms with van der Waals surface area (Å²) in [4.78, 5) is 34.8. The Balaban J connectivity index is 1.58. The van der Waals surface area contributed by atoms with Crippen molar-refractivity contribution in [3.05, 3.63) is 95.2 Å². The number of aryl methyl sites for hydroxylation is 1. The Bertz CT molecular complexity index is 1720. The SMILES string of the molecule is Cc1cc(NC(=O)OC(C)(C)C)cc(-n2c(=O)n(-c3ccc(Oc4ccccc4)cc3)c3c(N)ncnc32)c1. The van der Waals surface area contributed by atoms with Crippen LogP contribution >= 0.6 is 0 Å². The van der Waals surface area contributed by atoms with E-state index in [4.69, 9.17) is 15.2 Å². The molecule has 0 saturated carbocycles. The molecule has 2 heterocycles. The number of imidazole rings is 1. The van der Waals surface area contributed by atoms with Gasteiger partial charge in [-0.3, -0.25) is 9.88 Å². The van der Waals surface area contributed by atoms with Crippen LogP contribution in [0.15, 0.2) is 83.9 Å². The first-order valence-electron chi connectivity index (χ1n) is 12.3. The molecule has 0 fully saturated rings. The highest BCUT2D eigenvalue weighted by atomic mass is 16.6. The van der Waals surface area contributed by atoms with Crippen LogP contribution in [-0.4, -0.2) is 30.8 Å². The fraction of sp³-hybridized carbons (Fsp3) is 0.172. The van der Waals surface area contributed by atoms with Crippen LogP contribution in [0.25, 0.3) is 22.5 Å². The molecule has 3 aromatic carbocycles. The monoisotopic (exact) mass is 524 g/mol. The Labute approximate surface area is 224 Å². The van der Waals surface area contributed by atoms with Crippen LogP contribution in [0.5, 0.6) is 11.5 Å². The summed E-state index contributed by atoms with van der Waals surface area (Å²) in [6, 6.07) is 21.8. The quantitative estimate of drug-likeness (QED) is 0.306. The lowest BCUT2D eigenvalue weighted by Gasteiger charge is -2.20. The van der Waals surface area contributed by atoms with Gasteiger partial charge in [0.2, 0.25) is 0 Å². The number of carbonyl (C=O) groups excluding carboxylic acids is 1. The molecule has 3 N–H and O–H groups in total. The predicted molar refractivity (Wildman–Crippen MR) is 150 cm³/mol. The van der Waals surface area contributed by atoms with Crippen LogP contribution in [0.2, 0.25) is 0 Å². The molecular weight excluding hydrogens is 496 g/mol. The van der Waals surface area contributed by atoms with Crippen molar-refractivity contribution in [1.29, 1.82) is 0 Å². The molecular formula is C29H28N6O4. The van der Waals surface area contributed by atoms with E-state index in [2.05, 4.69) is 15.3 Å². The fourth-order valence-electron chi connectivity index (χ4n) is 4.19. The second-order valence-corrected chi connectivity index (χ2v) is 9.98. The molecule has 0 bridgehead atoms.